The van der Waals surface area contributed by atoms with Crippen molar-refractivity contribution in [3.8, 4) is 11.5 Å². The normalized spacial score (nSPS) is 14.2. The first-order valence-electron chi connectivity index (χ1n) is 13.7. The van der Waals surface area contributed by atoms with Gasteiger partial charge in [-0.05, 0) is 49.8 Å². The fraction of sp³-hybridized carbons (Fsp3) is 0.552. The maximum absolute atomic E-state index is 5.07. The van der Waals surface area contributed by atoms with Gasteiger partial charge in [-0.15, -0.1) is 0 Å². The highest BCUT2D eigenvalue weighted by Gasteiger charge is 2.20. The maximum Gasteiger partial charge on any atom is 0.230 e. The van der Waals surface area contributed by atoms with E-state index in [1.165, 1.54) is 44.1 Å². The quantitative estimate of drug-likeness (QED) is 0.305. The molecule has 1 saturated heterocycles. The number of nitrogens with zero attached hydrogens (tertiary/aromatic N) is 6. The number of hydrogen-bond acceptors (Lipinski definition) is 5. The molecule has 1 fully saturated rings. The standard InChI is InChI=1S/C29H42N6/c1-3-5-19-34(20-6-4-2)28-30-27(31-29(32-28)35-21-12-7-8-13-22-35)26-17-14-23-33(26)24-18-25-15-10-9-11-16-25/h9-11,14-17,23H,3-8,12-13,18-22,24H2,1-2H3. The summed E-state index contributed by atoms with van der Waals surface area (Å²) in [5.74, 6) is 2.48. The van der Waals surface area contributed by atoms with Crippen LogP contribution in [0.3, 0.4) is 0 Å². The van der Waals surface area contributed by atoms with Gasteiger partial charge < -0.3 is 14.4 Å². The molecule has 35 heavy (non-hydrogen) atoms. The summed E-state index contributed by atoms with van der Waals surface area (Å²) in [6, 6.07) is 14.9. The van der Waals surface area contributed by atoms with Crippen LogP contribution >= 0.6 is 0 Å². The lowest BCUT2D eigenvalue weighted by Gasteiger charge is -2.26. The fourth-order valence-corrected chi connectivity index (χ4v) is 4.74. The van der Waals surface area contributed by atoms with Gasteiger partial charge in [0.1, 0.15) is 0 Å². The van der Waals surface area contributed by atoms with Crippen LogP contribution in [0.4, 0.5) is 11.9 Å². The summed E-state index contributed by atoms with van der Waals surface area (Å²) in [6.45, 7) is 9.45. The van der Waals surface area contributed by atoms with Crippen LogP contribution in [0.1, 0.15) is 70.8 Å². The zero-order valence-electron chi connectivity index (χ0n) is 21.7. The molecular formula is C29H42N6. The fourth-order valence-electron chi connectivity index (χ4n) is 4.74. The van der Waals surface area contributed by atoms with Crippen LogP contribution in [-0.4, -0.2) is 45.7 Å². The van der Waals surface area contributed by atoms with Crippen LogP contribution in [0.25, 0.3) is 11.5 Å². The molecule has 0 amide bonds. The van der Waals surface area contributed by atoms with Gasteiger partial charge in [-0.1, -0.05) is 69.9 Å². The van der Waals surface area contributed by atoms with Crippen molar-refractivity contribution in [2.45, 2.75) is 78.2 Å². The Hall–Kier alpha value is -2.89. The van der Waals surface area contributed by atoms with Crippen LogP contribution in [0.15, 0.2) is 48.7 Å². The predicted molar refractivity (Wildman–Crippen MR) is 146 cm³/mol. The first kappa shape index (κ1) is 25.2. The van der Waals surface area contributed by atoms with Crippen molar-refractivity contribution in [3.05, 3.63) is 54.2 Å². The number of benzene rings is 1. The molecule has 0 spiro atoms. The Morgan fingerprint density at radius 3 is 2.20 bits per heavy atom. The van der Waals surface area contributed by atoms with Crippen molar-refractivity contribution in [3.63, 3.8) is 0 Å². The van der Waals surface area contributed by atoms with Crippen LogP contribution in [0.2, 0.25) is 0 Å². The Balaban J connectivity index is 1.67. The van der Waals surface area contributed by atoms with Gasteiger partial charge in [0.2, 0.25) is 11.9 Å². The van der Waals surface area contributed by atoms with Crippen molar-refractivity contribution in [1.82, 2.24) is 19.5 Å². The van der Waals surface area contributed by atoms with Crippen LogP contribution < -0.4 is 9.80 Å². The third-order valence-electron chi connectivity index (χ3n) is 6.89. The van der Waals surface area contributed by atoms with E-state index in [0.29, 0.717) is 0 Å². The highest BCUT2D eigenvalue weighted by atomic mass is 15.3. The topological polar surface area (TPSA) is 50.1 Å². The maximum atomic E-state index is 5.07. The molecule has 0 radical (unpaired) electrons. The van der Waals surface area contributed by atoms with E-state index in [0.717, 1.165) is 75.4 Å². The second-order valence-electron chi connectivity index (χ2n) is 9.68. The average molecular weight is 475 g/mol. The summed E-state index contributed by atoms with van der Waals surface area (Å²) in [6.07, 6.45) is 12.8. The molecule has 2 aromatic heterocycles. The van der Waals surface area contributed by atoms with Gasteiger partial charge in [-0.2, -0.15) is 15.0 Å². The van der Waals surface area contributed by atoms with Crippen molar-refractivity contribution in [2.24, 2.45) is 0 Å². The lowest BCUT2D eigenvalue weighted by molar-refractivity contribution is 0.656. The van der Waals surface area contributed by atoms with Gasteiger partial charge in [0.05, 0.1) is 5.69 Å². The van der Waals surface area contributed by atoms with Crippen molar-refractivity contribution < 1.29 is 0 Å². The number of rotatable bonds is 12. The molecule has 0 atom stereocenters. The van der Waals surface area contributed by atoms with Crippen molar-refractivity contribution in [2.75, 3.05) is 36.0 Å². The Morgan fingerprint density at radius 1 is 0.800 bits per heavy atom. The minimum absolute atomic E-state index is 0.797. The average Bonchev–Trinajstić information content (AvgIpc) is 3.20. The molecule has 1 aliphatic rings. The molecule has 0 aliphatic carbocycles. The molecule has 3 aromatic rings. The summed E-state index contributed by atoms with van der Waals surface area (Å²) in [5.41, 5.74) is 2.42. The van der Waals surface area contributed by atoms with Gasteiger partial charge >= 0.3 is 0 Å². The minimum atomic E-state index is 0.797. The summed E-state index contributed by atoms with van der Waals surface area (Å²) in [4.78, 5) is 20.0. The van der Waals surface area contributed by atoms with E-state index in [1.54, 1.807) is 0 Å². The van der Waals surface area contributed by atoms with Crippen molar-refractivity contribution in [1.29, 1.82) is 0 Å². The molecule has 1 aromatic carbocycles. The van der Waals surface area contributed by atoms with Crippen LogP contribution in [0, 0.1) is 0 Å². The molecule has 6 nitrogen and oxygen atoms in total. The zero-order valence-corrected chi connectivity index (χ0v) is 21.7. The van der Waals surface area contributed by atoms with Gasteiger partial charge in [0.15, 0.2) is 5.82 Å². The highest BCUT2D eigenvalue weighted by molar-refractivity contribution is 5.56. The number of anilines is 2. The Labute approximate surface area is 211 Å². The van der Waals surface area contributed by atoms with Crippen LogP contribution in [-0.2, 0) is 13.0 Å². The highest BCUT2D eigenvalue weighted by Crippen LogP contribution is 2.25. The molecular weight excluding hydrogens is 432 g/mol. The summed E-state index contributed by atoms with van der Waals surface area (Å²) < 4.78 is 2.29. The summed E-state index contributed by atoms with van der Waals surface area (Å²) in [5, 5.41) is 0. The molecule has 6 heteroatoms. The molecule has 188 valence electrons. The number of hydrogen-bond donors (Lipinski definition) is 0. The first-order chi connectivity index (χ1) is 17.3. The third-order valence-corrected chi connectivity index (χ3v) is 6.89. The zero-order chi connectivity index (χ0) is 24.3. The van der Waals surface area contributed by atoms with Gasteiger partial charge in [0, 0.05) is 38.9 Å². The Bertz CT molecular complexity index is 999. The SMILES string of the molecule is CCCCN(CCCC)c1nc(-c2cccn2CCc2ccccc2)nc(N2CCCCCC2)n1. The third kappa shape index (κ3) is 7.06. The number of aryl methyl sites for hydroxylation is 2. The molecule has 0 unspecified atom stereocenters. The van der Waals surface area contributed by atoms with E-state index in [-0.39, 0.29) is 0 Å². The molecule has 3 heterocycles. The predicted octanol–water partition coefficient (Wildman–Crippen LogP) is 6.37. The summed E-state index contributed by atoms with van der Waals surface area (Å²) >= 11 is 0. The minimum Gasteiger partial charge on any atom is -0.345 e. The van der Waals surface area contributed by atoms with Gasteiger partial charge in [-0.3, -0.25) is 0 Å². The molecule has 0 bridgehead atoms. The number of aromatic nitrogens is 4. The monoisotopic (exact) mass is 474 g/mol. The van der Waals surface area contributed by atoms with Crippen LogP contribution in [0.5, 0.6) is 0 Å². The van der Waals surface area contributed by atoms with Gasteiger partial charge in [0.25, 0.3) is 0 Å². The molecule has 0 saturated carbocycles. The largest absolute Gasteiger partial charge is 0.345 e. The van der Waals surface area contributed by atoms with Gasteiger partial charge in [-0.25, -0.2) is 0 Å². The molecule has 0 N–H and O–H groups in total. The molecule has 4 rings (SSSR count). The lowest BCUT2D eigenvalue weighted by Crippen LogP contribution is -2.31. The Kier molecular flexibility index (Phi) is 9.56. The lowest BCUT2D eigenvalue weighted by atomic mass is 10.1. The van der Waals surface area contributed by atoms with E-state index in [4.69, 9.17) is 15.0 Å². The molecule has 1 aliphatic heterocycles. The summed E-state index contributed by atoms with van der Waals surface area (Å²) in [7, 11) is 0. The first-order valence-corrected chi connectivity index (χ1v) is 13.7. The smallest absolute Gasteiger partial charge is 0.230 e. The van der Waals surface area contributed by atoms with E-state index in [9.17, 15) is 0 Å². The Morgan fingerprint density at radius 2 is 1.51 bits per heavy atom. The number of unbranched alkanes of at least 4 members (excludes halogenated alkanes) is 2. The van der Waals surface area contributed by atoms with E-state index in [1.807, 2.05) is 0 Å². The van der Waals surface area contributed by atoms with E-state index < -0.39 is 0 Å². The second-order valence-corrected chi connectivity index (χ2v) is 9.68. The van der Waals surface area contributed by atoms with Crippen molar-refractivity contribution >= 4 is 11.9 Å². The van der Waals surface area contributed by atoms with E-state index >= 15 is 0 Å². The van der Waals surface area contributed by atoms with E-state index in [2.05, 4.69) is 76.9 Å². The second kappa shape index (κ2) is 13.3.